The molecule has 1 aliphatic heterocycles. The van der Waals surface area contributed by atoms with E-state index in [-0.39, 0.29) is 11.2 Å². The van der Waals surface area contributed by atoms with Gasteiger partial charge >= 0.3 is 5.69 Å². The van der Waals surface area contributed by atoms with Crippen molar-refractivity contribution in [1.29, 1.82) is 0 Å². The van der Waals surface area contributed by atoms with Crippen LogP contribution in [0.3, 0.4) is 0 Å². The summed E-state index contributed by atoms with van der Waals surface area (Å²) in [5.41, 5.74) is 1.38. The fourth-order valence-electron chi connectivity index (χ4n) is 3.96. The van der Waals surface area contributed by atoms with Crippen molar-refractivity contribution in [1.82, 2.24) is 18.7 Å². The van der Waals surface area contributed by atoms with Crippen molar-refractivity contribution in [2.45, 2.75) is 26.3 Å². The Labute approximate surface area is 157 Å². The highest BCUT2D eigenvalue weighted by Crippen LogP contribution is 2.26. The van der Waals surface area contributed by atoms with Gasteiger partial charge in [-0.3, -0.25) is 18.5 Å². The molecule has 0 spiro atoms. The lowest BCUT2D eigenvalue weighted by molar-refractivity contribution is 0.439. The van der Waals surface area contributed by atoms with Crippen LogP contribution in [0.25, 0.3) is 11.2 Å². The van der Waals surface area contributed by atoms with Crippen LogP contribution in [-0.2, 0) is 20.6 Å². The van der Waals surface area contributed by atoms with Gasteiger partial charge in [0.05, 0.1) is 6.54 Å². The molecule has 0 amide bonds. The number of hydrogen-bond acceptors (Lipinski definition) is 4. The minimum Gasteiger partial charge on any atom is -0.342 e. The monoisotopic (exact) mass is 367 g/mol. The van der Waals surface area contributed by atoms with E-state index in [1.807, 2.05) is 34.9 Å². The Morgan fingerprint density at radius 3 is 2.56 bits per heavy atom. The molecular formula is C20H25N5O2. The summed E-state index contributed by atoms with van der Waals surface area (Å²) in [6, 6.07) is 10.0. The number of benzene rings is 1. The van der Waals surface area contributed by atoms with Crippen LogP contribution in [0.15, 0.2) is 39.9 Å². The van der Waals surface area contributed by atoms with Crippen LogP contribution in [0.4, 0.5) is 5.95 Å². The van der Waals surface area contributed by atoms with E-state index in [2.05, 4.69) is 11.8 Å². The molecule has 1 saturated heterocycles. The fourth-order valence-corrected chi connectivity index (χ4v) is 3.96. The molecule has 7 nitrogen and oxygen atoms in total. The molecule has 3 aromatic rings. The molecular weight excluding hydrogens is 342 g/mol. The van der Waals surface area contributed by atoms with Gasteiger partial charge < -0.3 is 4.90 Å². The van der Waals surface area contributed by atoms with Crippen LogP contribution in [-0.4, -0.2) is 31.8 Å². The molecule has 3 heterocycles. The van der Waals surface area contributed by atoms with E-state index in [0.717, 1.165) is 35.6 Å². The van der Waals surface area contributed by atoms with Gasteiger partial charge in [-0.1, -0.05) is 37.3 Å². The molecule has 7 heteroatoms. The first-order chi connectivity index (χ1) is 13.0. The van der Waals surface area contributed by atoms with Gasteiger partial charge in [-0.05, 0) is 24.3 Å². The van der Waals surface area contributed by atoms with E-state index in [4.69, 9.17) is 4.98 Å². The zero-order chi connectivity index (χ0) is 19.1. The number of nitrogens with zero attached hydrogens (tertiary/aromatic N) is 5. The Bertz CT molecular complexity index is 1090. The molecule has 0 unspecified atom stereocenters. The molecule has 1 aliphatic rings. The van der Waals surface area contributed by atoms with Crippen LogP contribution in [0.1, 0.15) is 25.3 Å². The fraction of sp³-hybridized carbons (Fsp3) is 0.450. The van der Waals surface area contributed by atoms with Crippen molar-refractivity contribution >= 4 is 17.1 Å². The molecule has 1 aromatic carbocycles. The Morgan fingerprint density at radius 2 is 1.85 bits per heavy atom. The second-order valence-corrected chi connectivity index (χ2v) is 7.55. The van der Waals surface area contributed by atoms with Gasteiger partial charge in [-0.2, -0.15) is 4.98 Å². The van der Waals surface area contributed by atoms with E-state index >= 15 is 0 Å². The molecule has 0 saturated carbocycles. The van der Waals surface area contributed by atoms with Crippen molar-refractivity contribution < 1.29 is 0 Å². The highest BCUT2D eigenvalue weighted by molar-refractivity contribution is 5.74. The smallest absolute Gasteiger partial charge is 0.332 e. The number of imidazole rings is 1. The average Bonchev–Trinajstić information content (AvgIpc) is 3.05. The molecule has 27 heavy (non-hydrogen) atoms. The van der Waals surface area contributed by atoms with Crippen LogP contribution >= 0.6 is 0 Å². The van der Waals surface area contributed by atoms with E-state index in [0.29, 0.717) is 23.6 Å². The van der Waals surface area contributed by atoms with Gasteiger partial charge in [0.25, 0.3) is 5.56 Å². The highest BCUT2D eigenvalue weighted by atomic mass is 16.2. The van der Waals surface area contributed by atoms with Crippen molar-refractivity contribution in [3.63, 3.8) is 0 Å². The normalized spacial score (nSPS) is 17.6. The van der Waals surface area contributed by atoms with E-state index in [1.165, 1.54) is 18.0 Å². The Kier molecular flexibility index (Phi) is 4.37. The molecule has 4 rings (SSSR count). The zero-order valence-electron chi connectivity index (χ0n) is 16.1. The molecule has 2 aromatic heterocycles. The third-order valence-electron chi connectivity index (χ3n) is 5.45. The SMILES string of the molecule is C[C@@H]1CCCN(c2nc3c(c(=O)n(C)c(=O)n3C)n2Cc2ccccc2)C1. The lowest BCUT2D eigenvalue weighted by atomic mass is 10.0. The third kappa shape index (κ3) is 2.97. The summed E-state index contributed by atoms with van der Waals surface area (Å²) in [5.74, 6) is 1.36. The number of piperidine rings is 1. The van der Waals surface area contributed by atoms with Gasteiger partial charge in [0.2, 0.25) is 5.95 Å². The summed E-state index contributed by atoms with van der Waals surface area (Å²) >= 11 is 0. The second kappa shape index (κ2) is 6.72. The maximum Gasteiger partial charge on any atom is 0.332 e. The number of fused-ring (bicyclic) bond motifs is 1. The minimum atomic E-state index is -0.351. The molecule has 0 aliphatic carbocycles. The highest BCUT2D eigenvalue weighted by Gasteiger charge is 2.25. The van der Waals surface area contributed by atoms with Crippen LogP contribution in [0.5, 0.6) is 0 Å². The number of aryl methyl sites for hydroxylation is 1. The topological polar surface area (TPSA) is 65.1 Å². The Hall–Kier alpha value is -2.83. The lowest BCUT2D eigenvalue weighted by Gasteiger charge is -2.32. The predicted molar refractivity (Wildman–Crippen MR) is 106 cm³/mol. The van der Waals surface area contributed by atoms with Gasteiger partial charge in [0, 0.05) is 27.2 Å². The first-order valence-electron chi connectivity index (χ1n) is 9.42. The van der Waals surface area contributed by atoms with Gasteiger partial charge in [0.1, 0.15) is 0 Å². The van der Waals surface area contributed by atoms with Crippen molar-refractivity contribution in [3.05, 3.63) is 56.7 Å². The summed E-state index contributed by atoms with van der Waals surface area (Å²) < 4.78 is 4.60. The molecule has 0 bridgehead atoms. The Balaban J connectivity index is 1.97. The first-order valence-corrected chi connectivity index (χ1v) is 9.42. The quantitative estimate of drug-likeness (QED) is 0.707. The van der Waals surface area contributed by atoms with Crippen molar-refractivity contribution in [2.75, 3.05) is 18.0 Å². The van der Waals surface area contributed by atoms with Crippen LogP contribution < -0.4 is 16.1 Å². The minimum absolute atomic E-state index is 0.298. The van der Waals surface area contributed by atoms with E-state index < -0.39 is 0 Å². The van der Waals surface area contributed by atoms with Gasteiger partial charge in [-0.25, -0.2) is 4.79 Å². The van der Waals surface area contributed by atoms with Gasteiger partial charge in [0.15, 0.2) is 11.2 Å². The van der Waals surface area contributed by atoms with Crippen molar-refractivity contribution in [2.24, 2.45) is 20.0 Å². The number of hydrogen-bond donors (Lipinski definition) is 0. The van der Waals surface area contributed by atoms with E-state index in [9.17, 15) is 9.59 Å². The van der Waals surface area contributed by atoms with Crippen LogP contribution in [0, 0.1) is 5.92 Å². The van der Waals surface area contributed by atoms with Gasteiger partial charge in [-0.15, -0.1) is 0 Å². The first kappa shape index (κ1) is 17.6. The second-order valence-electron chi connectivity index (χ2n) is 7.55. The largest absolute Gasteiger partial charge is 0.342 e. The molecule has 0 N–H and O–H groups in total. The maximum atomic E-state index is 12.9. The molecule has 1 fully saturated rings. The standard InChI is InChI=1S/C20H25N5O2/c1-14-8-7-11-24(12-14)19-21-17-16(18(26)23(3)20(27)22(17)2)25(19)13-15-9-5-4-6-10-15/h4-6,9-10,14H,7-8,11-13H2,1-3H3/t14-/m1/s1. The molecule has 1 atom stereocenters. The third-order valence-corrected chi connectivity index (χ3v) is 5.45. The number of rotatable bonds is 3. The van der Waals surface area contributed by atoms with E-state index in [1.54, 1.807) is 7.05 Å². The maximum absolute atomic E-state index is 12.9. The summed E-state index contributed by atoms with van der Waals surface area (Å²) in [4.78, 5) is 32.3. The molecule has 0 radical (unpaired) electrons. The number of aromatic nitrogens is 4. The van der Waals surface area contributed by atoms with Crippen molar-refractivity contribution in [3.8, 4) is 0 Å². The number of anilines is 1. The summed E-state index contributed by atoms with van der Waals surface area (Å²) in [6.45, 7) is 4.61. The summed E-state index contributed by atoms with van der Waals surface area (Å²) in [6.07, 6.45) is 2.31. The summed E-state index contributed by atoms with van der Waals surface area (Å²) in [5, 5.41) is 0. The Morgan fingerprint density at radius 1 is 1.11 bits per heavy atom. The zero-order valence-corrected chi connectivity index (χ0v) is 16.1. The predicted octanol–water partition coefficient (Wildman–Crippen LogP) is 1.72. The van der Waals surface area contributed by atoms with Crippen LogP contribution in [0.2, 0.25) is 0 Å². The molecule has 142 valence electrons. The average molecular weight is 367 g/mol. The summed E-state index contributed by atoms with van der Waals surface area (Å²) in [7, 11) is 3.19. The lowest BCUT2D eigenvalue weighted by Crippen LogP contribution is -2.38.